The number of nitrogens with one attached hydrogen (secondary N) is 2. The number of nitrogens with two attached hydrogens (primary N) is 1. The number of aromatic nitrogens is 4. The van der Waals surface area contributed by atoms with Crippen LogP contribution >= 0.6 is 7.75 Å². The number of anilines is 2. The standard InChI is InChI=1S/C27H37FN7O7P/c1-15(2)40-24(37)16(3)34-43(38,42-18-8-6-5-7-9-18)39-12-19-21(36)27(4,13-28)25(41-19)35-14-30-20-22(31-17-10-11-17)32-26(29)33-23(20)35/h5-9,14-17,19,21,25,36H,10-13H2,1-4H3,(H,34,38)(H3,29,31,32,33)/t16-,19+,21+,25+,27-,43?/m0/s1. The van der Waals surface area contributed by atoms with E-state index >= 15 is 0 Å². The molecule has 234 valence electrons. The highest BCUT2D eigenvalue weighted by Gasteiger charge is 2.55. The number of carbonyl (C=O) groups is 1. The van der Waals surface area contributed by atoms with Crippen LogP contribution in [0.5, 0.6) is 5.75 Å². The minimum Gasteiger partial charge on any atom is -0.462 e. The number of nitrogens with zero attached hydrogens (tertiary/aromatic N) is 4. The summed E-state index contributed by atoms with van der Waals surface area (Å²) < 4.78 is 52.8. The van der Waals surface area contributed by atoms with Gasteiger partial charge in [0.15, 0.2) is 17.0 Å². The van der Waals surface area contributed by atoms with Crippen LogP contribution in [-0.4, -0.2) is 74.3 Å². The van der Waals surface area contributed by atoms with Crippen molar-refractivity contribution in [3.63, 3.8) is 0 Å². The van der Waals surface area contributed by atoms with Gasteiger partial charge in [0.05, 0.1) is 30.6 Å². The zero-order chi connectivity index (χ0) is 30.9. The molecule has 5 N–H and O–H groups in total. The highest BCUT2D eigenvalue weighted by molar-refractivity contribution is 7.52. The Hall–Kier alpha value is -3.36. The number of benzene rings is 1. The van der Waals surface area contributed by atoms with E-state index in [1.807, 2.05) is 0 Å². The van der Waals surface area contributed by atoms with Gasteiger partial charge in [0.1, 0.15) is 30.8 Å². The molecular formula is C27H37FN7O7P. The summed E-state index contributed by atoms with van der Waals surface area (Å²) in [5.74, 6) is -0.00586. The maximum Gasteiger partial charge on any atom is 0.459 e. The number of carbonyl (C=O) groups excluding carboxylic acids is 1. The largest absolute Gasteiger partial charge is 0.462 e. The Kier molecular flexibility index (Phi) is 8.91. The lowest BCUT2D eigenvalue weighted by molar-refractivity contribution is -0.149. The topological polar surface area (TPSA) is 185 Å². The molecule has 14 nitrogen and oxygen atoms in total. The molecule has 1 saturated heterocycles. The number of alkyl halides is 1. The fourth-order valence-corrected chi connectivity index (χ4v) is 6.26. The number of imidazole rings is 1. The Morgan fingerprint density at radius 1 is 1.28 bits per heavy atom. The summed E-state index contributed by atoms with van der Waals surface area (Å²) in [7, 11) is -4.26. The van der Waals surface area contributed by atoms with Gasteiger partial charge in [-0.05, 0) is 45.7 Å². The van der Waals surface area contributed by atoms with E-state index in [1.165, 1.54) is 24.7 Å². The van der Waals surface area contributed by atoms with E-state index < -0.39 is 63.0 Å². The number of ether oxygens (including phenoxy) is 2. The van der Waals surface area contributed by atoms with Crippen LogP contribution in [0.1, 0.15) is 46.8 Å². The molecule has 0 amide bonds. The van der Waals surface area contributed by atoms with Crippen LogP contribution < -0.4 is 20.7 Å². The van der Waals surface area contributed by atoms with E-state index in [9.17, 15) is 18.9 Å². The molecule has 6 atom stereocenters. The predicted molar refractivity (Wildman–Crippen MR) is 155 cm³/mol. The van der Waals surface area contributed by atoms with Crippen molar-refractivity contribution in [2.45, 2.75) is 77.2 Å². The number of fused-ring (bicyclic) bond motifs is 1. The molecular weight excluding hydrogens is 584 g/mol. The fourth-order valence-electron chi connectivity index (χ4n) is 4.76. The van der Waals surface area contributed by atoms with Crippen molar-refractivity contribution in [3.05, 3.63) is 36.7 Å². The predicted octanol–water partition coefficient (Wildman–Crippen LogP) is 3.35. The first kappa shape index (κ1) is 31.1. The molecule has 2 aromatic heterocycles. The molecule has 0 spiro atoms. The number of hydrogen-bond acceptors (Lipinski definition) is 12. The second-order valence-electron chi connectivity index (χ2n) is 11.3. The lowest BCUT2D eigenvalue weighted by Gasteiger charge is -2.30. The number of para-hydroxylation sites is 1. The fraction of sp³-hybridized carbons (Fsp3) is 0.556. The van der Waals surface area contributed by atoms with Crippen LogP contribution in [0.2, 0.25) is 0 Å². The molecule has 43 heavy (non-hydrogen) atoms. The zero-order valence-corrected chi connectivity index (χ0v) is 25.2. The molecule has 0 radical (unpaired) electrons. The second kappa shape index (κ2) is 12.3. The van der Waals surface area contributed by atoms with Gasteiger partial charge in [-0.2, -0.15) is 15.1 Å². The van der Waals surface area contributed by atoms with Gasteiger partial charge >= 0.3 is 13.7 Å². The summed E-state index contributed by atoms with van der Waals surface area (Å²) in [6.07, 6.45) is -0.623. The third-order valence-corrected chi connectivity index (χ3v) is 8.87. The van der Waals surface area contributed by atoms with Crippen molar-refractivity contribution in [1.82, 2.24) is 24.6 Å². The highest BCUT2D eigenvalue weighted by Crippen LogP contribution is 2.50. The lowest BCUT2D eigenvalue weighted by Crippen LogP contribution is -2.41. The van der Waals surface area contributed by atoms with Gasteiger partial charge < -0.3 is 30.2 Å². The third-order valence-electron chi connectivity index (χ3n) is 7.23. The molecule has 1 unspecified atom stereocenters. The quantitative estimate of drug-likeness (QED) is 0.161. The average Bonchev–Trinajstić information content (AvgIpc) is 3.62. The summed E-state index contributed by atoms with van der Waals surface area (Å²) in [5, 5.41) is 17.1. The molecule has 1 aliphatic carbocycles. The molecule has 1 saturated carbocycles. The molecule has 2 aliphatic rings. The third kappa shape index (κ3) is 6.75. The van der Waals surface area contributed by atoms with E-state index in [0.717, 1.165) is 12.8 Å². The maximum absolute atomic E-state index is 14.7. The van der Waals surface area contributed by atoms with Gasteiger partial charge in [-0.25, -0.2) is 9.55 Å². The van der Waals surface area contributed by atoms with E-state index in [-0.39, 0.29) is 17.7 Å². The zero-order valence-electron chi connectivity index (χ0n) is 24.3. The molecule has 1 aromatic carbocycles. The molecule has 16 heteroatoms. The highest BCUT2D eigenvalue weighted by atomic mass is 31.2. The summed E-state index contributed by atoms with van der Waals surface area (Å²) in [4.78, 5) is 25.5. The van der Waals surface area contributed by atoms with Crippen molar-refractivity contribution in [1.29, 1.82) is 0 Å². The van der Waals surface area contributed by atoms with Crippen LogP contribution in [0.3, 0.4) is 0 Å². The van der Waals surface area contributed by atoms with E-state index in [2.05, 4.69) is 25.4 Å². The SMILES string of the molecule is CC(C)OC(=O)[C@H](C)NP(=O)(OC[C@H]1O[C@@H](n2cnc3c(NC4CC4)nc(N)nc32)[C@@](C)(CF)[C@@H]1O)Oc1ccccc1. The van der Waals surface area contributed by atoms with Crippen LogP contribution in [0.15, 0.2) is 36.7 Å². The molecule has 5 rings (SSSR count). The van der Waals surface area contributed by atoms with Crippen molar-refractivity contribution in [3.8, 4) is 5.75 Å². The Bertz CT molecular complexity index is 1490. The Balaban J connectivity index is 1.38. The number of nitrogen functional groups attached to an aromatic ring is 1. The Morgan fingerprint density at radius 3 is 2.65 bits per heavy atom. The smallest absolute Gasteiger partial charge is 0.459 e. The van der Waals surface area contributed by atoms with Gasteiger partial charge in [-0.3, -0.25) is 18.3 Å². The Morgan fingerprint density at radius 2 is 2.00 bits per heavy atom. The summed E-state index contributed by atoms with van der Waals surface area (Å²) in [6, 6.07) is 7.42. The summed E-state index contributed by atoms with van der Waals surface area (Å²) in [6.45, 7) is 4.89. The normalized spacial score (nSPS) is 25.9. The maximum atomic E-state index is 14.7. The van der Waals surface area contributed by atoms with Crippen molar-refractivity contribution >= 4 is 36.6 Å². The number of rotatable bonds is 13. The summed E-state index contributed by atoms with van der Waals surface area (Å²) >= 11 is 0. The second-order valence-corrected chi connectivity index (χ2v) is 13.0. The Labute approximate surface area is 248 Å². The first-order valence-electron chi connectivity index (χ1n) is 14.1. The number of halogens is 1. The molecule has 3 heterocycles. The number of hydrogen-bond donors (Lipinski definition) is 4. The van der Waals surface area contributed by atoms with Crippen LogP contribution in [0.25, 0.3) is 11.2 Å². The summed E-state index contributed by atoms with van der Waals surface area (Å²) in [5.41, 5.74) is 5.22. The van der Waals surface area contributed by atoms with Crippen molar-refractivity contribution < 1.29 is 37.4 Å². The van der Waals surface area contributed by atoms with Gasteiger partial charge in [-0.15, -0.1) is 0 Å². The number of aliphatic hydroxyl groups is 1. The van der Waals surface area contributed by atoms with Gasteiger partial charge in [-0.1, -0.05) is 25.1 Å². The van der Waals surface area contributed by atoms with Gasteiger partial charge in [0.2, 0.25) is 5.95 Å². The van der Waals surface area contributed by atoms with Gasteiger partial charge in [0, 0.05) is 6.04 Å². The average molecular weight is 622 g/mol. The van der Waals surface area contributed by atoms with Crippen LogP contribution in [0, 0.1) is 5.41 Å². The molecule has 3 aromatic rings. The minimum atomic E-state index is -4.26. The molecule has 2 fully saturated rings. The first-order chi connectivity index (χ1) is 20.4. The van der Waals surface area contributed by atoms with E-state index in [0.29, 0.717) is 17.0 Å². The van der Waals surface area contributed by atoms with Crippen molar-refractivity contribution in [2.24, 2.45) is 5.41 Å². The van der Waals surface area contributed by atoms with Crippen LogP contribution in [0.4, 0.5) is 16.2 Å². The number of esters is 1. The lowest BCUT2D eigenvalue weighted by atomic mass is 9.83. The molecule has 0 bridgehead atoms. The minimum absolute atomic E-state index is 0.00651. The first-order valence-corrected chi connectivity index (χ1v) is 15.6. The van der Waals surface area contributed by atoms with Crippen molar-refractivity contribution in [2.75, 3.05) is 24.3 Å². The van der Waals surface area contributed by atoms with E-state index in [1.54, 1.807) is 44.2 Å². The number of aliphatic hydroxyl groups excluding tert-OH is 1. The monoisotopic (exact) mass is 621 g/mol. The van der Waals surface area contributed by atoms with Gasteiger partial charge in [0.25, 0.3) is 0 Å². The van der Waals surface area contributed by atoms with E-state index in [4.69, 9.17) is 24.3 Å². The van der Waals surface area contributed by atoms with Crippen LogP contribution in [-0.2, 0) is 23.4 Å². The molecule has 1 aliphatic heterocycles.